The second kappa shape index (κ2) is 7.49. The van der Waals surface area contributed by atoms with Gasteiger partial charge in [0.15, 0.2) is 10.7 Å². The van der Waals surface area contributed by atoms with Gasteiger partial charge in [-0.25, -0.2) is 18.2 Å². The van der Waals surface area contributed by atoms with E-state index in [1.165, 1.54) is 32.3 Å². The molecule has 9 nitrogen and oxygen atoms in total. The standard InChI is InChI=1S/C17H18N4O5S2/c22-15(19-16-18-6-10-27-16)5-9-21-13-4-3-12(11-14(13)26-17(21)23)28(24,25)20-7-1-2-8-20/h3-4,6,10-11H,1-2,5,7-9H2,(H,18,19,22). The van der Waals surface area contributed by atoms with E-state index in [2.05, 4.69) is 10.3 Å². The molecule has 0 bridgehead atoms. The van der Waals surface area contributed by atoms with E-state index < -0.39 is 15.8 Å². The fraction of sp³-hybridized carbons (Fsp3) is 0.353. The summed E-state index contributed by atoms with van der Waals surface area (Å²) in [6, 6.07) is 4.38. The molecule has 0 saturated carbocycles. The van der Waals surface area contributed by atoms with Crippen LogP contribution in [0.3, 0.4) is 0 Å². The first-order valence-corrected chi connectivity index (χ1v) is 11.1. The number of aryl methyl sites for hydroxylation is 1. The predicted molar refractivity (Wildman–Crippen MR) is 104 cm³/mol. The number of thiazole rings is 1. The van der Waals surface area contributed by atoms with Gasteiger partial charge in [-0.05, 0) is 25.0 Å². The molecule has 28 heavy (non-hydrogen) atoms. The fourth-order valence-corrected chi connectivity index (χ4v) is 5.25. The van der Waals surface area contributed by atoms with Crippen molar-refractivity contribution in [3.63, 3.8) is 0 Å². The molecular weight excluding hydrogens is 404 g/mol. The third kappa shape index (κ3) is 3.60. The molecule has 1 aromatic carbocycles. The summed E-state index contributed by atoms with van der Waals surface area (Å²) >= 11 is 1.30. The Labute approximate surface area is 164 Å². The average molecular weight is 422 g/mol. The van der Waals surface area contributed by atoms with Crippen molar-refractivity contribution in [1.82, 2.24) is 13.9 Å². The summed E-state index contributed by atoms with van der Waals surface area (Å²) in [5.41, 5.74) is 0.637. The topological polar surface area (TPSA) is 115 Å². The highest BCUT2D eigenvalue weighted by Gasteiger charge is 2.28. The molecule has 1 fully saturated rings. The Morgan fingerprint density at radius 1 is 1.29 bits per heavy atom. The molecule has 11 heteroatoms. The number of rotatable bonds is 6. The van der Waals surface area contributed by atoms with Gasteiger partial charge in [-0.3, -0.25) is 9.36 Å². The van der Waals surface area contributed by atoms with Gasteiger partial charge in [0.05, 0.1) is 10.4 Å². The molecule has 2 aromatic heterocycles. The Hall–Kier alpha value is -2.50. The lowest BCUT2D eigenvalue weighted by atomic mass is 10.3. The number of hydrogen-bond acceptors (Lipinski definition) is 7. The number of sulfonamides is 1. The van der Waals surface area contributed by atoms with Gasteiger partial charge in [-0.15, -0.1) is 11.3 Å². The number of hydrogen-bond donors (Lipinski definition) is 1. The van der Waals surface area contributed by atoms with Crippen LogP contribution in [-0.4, -0.2) is 41.3 Å². The minimum atomic E-state index is -3.60. The van der Waals surface area contributed by atoms with E-state index in [1.807, 2.05) is 0 Å². The van der Waals surface area contributed by atoms with E-state index in [0.717, 1.165) is 12.8 Å². The second-order valence-electron chi connectivity index (χ2n) is 6.40. The first-order valence-electron chi connectivity index (χ1n) is 8.78. The maximum Gasteiger partial charge on any atom is 0.419 e. The maximum absolute atomic E-state index is 12.7. The molecule has 1 aliphatic rings. The van der Waals surface area contributed by atoms with E-state index in [1.54, 1.807) is 17.6 Å². The zero-order chi connectivity index (χ0) is 19.7. The summed E-state index contributed by atoms with van der Waals surface area (Å²) in [6.07, 6.45) is 3.33. The molecule has 1 amide bonds. The van der Waals surface area contributed by atoms with E-state index in [4.69, 9.17) is 4.42 Å². The van der Waals surface area contributed by atoms with Crippen molar-refractivity contribution in [3.8, 4) is 0 Å². The Balaban J connectivity index is 1.54. The molecule has 1 aliphatic heterocycles. The minimum absolute atomic E-state index is 0.0575. The Kier molecular flexibility index (Phi) is 5.04. The van der Waals surface area contributed by atoms with Gasteiger partial charge in [-0.2, -0.15) is 4.31 Å². The number of nitrogens with one attached hydrogen (secondary N) is 1. The molecule has 1 saturated heterocycles. The van der Waals surface area contributed by atoms with Crippen molar-refractivity contribution in [2.24, 2.45) is 0 Å². The van der Waals surface area contributed by atoms with E-state index in [-0.39, 0.29) is 29.4 Å². The quantitative estimate of drug-likeness (QED) is 0.648. The Morgan fingerprint density at radius 2 is 2.07 bits per heavy atom. The summed E-state index contributed by atoms with van der Waals surface area (Å²) in [5, 5.41) is 4.89. The zero-order valence-corrected chi connectivity index (χ0v) is 16.5. The number of anilines is 1. The highest BCUT2D eigenvalue weighted by atomic mass is 32.2. The van der Waals surface area contributed by atoms with Gasteiger partial charge in [-0.1, -0.05) is 0 Å². The van der Waals surface area contributed by atoms with Gasteiger partial charge in [0.25, 0.3) is 0 Å². The Bertz CT molecular complexity index is 1160. The highest BCUT2D eigenvalue weighted by molar-refractivity contribution is 7.89. The minimum Gasteiger partial charge on any atom is -0.408 e. The molecule has 0 atom stereocenters. The van der Waals surface area contributed by atoms with E-state index in [0.29, 0.717) is 23.7 Å². The fourth-order valence-electron chi connectivity index (χ4n) is 3.18. The first-order chi connectivity index (χ1) is 13.4. The number of fused-ring (bicyclic) bond motifs is 1. The number of oxazole rings is 1. The maximum atomic E-state index is 12.7. The summed E-state index contributed by atoms with van der Waals surface area (Å²) in [4.78, 5) is 28.3. The molecule has 3 heterocycles. The lowest BCUT2D eigenvalue weighted by Crippen LogP contribution is -2.27. The normalized spacial score (nSPS) is 15.3. The van der Waals surface area contributed by atoms with Crippen LogP contribution in [0, 0.1) is 0 Å². The summed E-state index contributed by atoms with van der Waals surface area (Å²) in [6.45, 7) is 1.11. The average Bonchev–Trinajstić information content (AvgIpc) is 3.41. The van der Waals surface area contributed by atoms with Crippen molar-refractivity contribution in [2.75, 3.05) is 18.4 Å². The van der Waals surface area contributed by atoms with Crippen LogP contribution in [0.5, 0.6) is 0 Å². The van der Waals surface area contributed by atoms with Crippen molar-refractivity contribution in [2.45, 2.75) is 30.7 Å². The van der Waals surface area contributed by atoms with E-state index >= 15 is 0 Å². The van der Waals surface area contributed by atoms with Crippen LogP contribution in [0.15, 0.2) is 43.9 Å². The third-order valence-corrected chi connectivity index (χ3v) is 7.17. The van der Waals surface area contributed by atoms with Crippen LogP contribution in [0.1, 0.15) is 19.3 Å². The summed E-state index contributed by atoms with van der Waals surface area (Å²) < 4.78 is 33.3. The lowest BCUT2D eigenvalue weighted by Gasteiger charge is -2.15. The number of aromatic nitrogens is 2. The molecule has 148 valence electrons. The third-order valence-electron chi connectivity index (χ3n) is 4.58. The zero-order valence-electron chi connectivity index (χ0n) is 14.8. The van der Waals surface area contributed by atoms with Crippen molar-refractivity contribution in [1.29, 1.82) is 0 Å². The molecule has 0 radical (unpaired) electrons. The van der Waals surface area contributed by atoms with Gasteiger partial charge in [0.2, 0.25) is 15.9 Å². The van der Waals surface area contributed by atoms with E-state index in [9.17, 15) is 18.0 Å². The number of carbonyl (C=O) groups is 1. The number of amides is 1. The van der Waals surface area contributed by atoms with Crippen molar-refractivity contribution < 1.29 is 17.6 Å². The molecular formula is C17H18N4O5S2. The monoisotopic (exact) mass is 422 g/mol. The number of carbonyl (C=O) groups excluding carboxylic acids is 1. The van der Waals surface area contributed by atoms with Gasteiger partial charge in [0.1, 0.15) is 0 Å². The molecule has 0 spiro atoms. The Morgan fingerprint density at radius 3 is 2.79 bits per heavy atom. The van der Waals surface area contributed by atoms with Crippen LogP contribution in [0.25, 0.3) is 11.1 Å². The highest BCUT2D eigenvalue weighted by Crippen LogP contribution is 2.24. The summed E-state index contributed by atoms with van der Waals surface area (Å²) in [5.74, 6) is -0.905. The van der Waals surface area contributed by atoms with Crippen LogP contribution in [-0.2, 0) is 21.4 Å². The molecule has 0 unspecified atom stereocenters. The van der Waals surface area contributed by atoms with Crippen molar-refractivity contribution >= 4 is 43.5 Å². The first kappa shape index (κ1) is 18.8. The van der Waals surface area contributed by atoms with Crippen LogP contribution >= 0.6 is 11.3 Å². The van der Waals surface area contributed by atoms with Crippen LogP contribution in [0.4, 0.5) is 5.13 Å². The van der Waals surface area contributed by atoms with Crippen molar-refractivity contribution in [3.05, 3.63) is 40.3 Å². The molecule has 3 aromatic rings. The second-order valence-corrected chi connectivity index (χ2v) is 9.23. The SMILES string of the molecule is O=C(CCn1c(=O)oc2cc(S(=O)(=O)N3CCCC3)ccc21)Nc1nccs1. The molecule has 1 N–H and O–H groups in total. The van der Waals surface area contributed by atoms with Gasteiger partial charge in [0, 0.05) is 43.7 Å². The largest absolute Gasteiger partial charge is 0.419 e. The molecule has 4 rings (SSSR count). The number of benzene rings is 1. The number of nitrogens with zero attached hydrogens (tertiary/aromatic N) is 3. The van der Waals surface area contributed by atoms with Crippen LogP contribution in [0.2, 0.25) is 0 Å². The van der Waals surface area contributed by atoms with Gasteiger partial charge >= 0.3 is 5.76 Å². The van der Waals surface area contributed by atoms with Gasteiger partial charge < -0.3 is 9.73 Å². The van der Waals surface area contributed by atoms with Crippen LogP contribution < -0.4 is 11.1 Å². The lowest BCUT2D eigenvalue weighted by molar-refractivity contribution is -0.116. The molecule has 0 aliphatic carbocycles. The predicted octanol–water partition coefficient (Wildman–Crippen LogP) is 1.86. The summed E-state index contributed by atoms with van der Waals surface area (Å²) in [7, 11) is -3.60. The smallest absolute Gasteiger partial charge is 0.408 e.